The lowest BCUT2D eigenvalue weighted by Crippen LogP contribution is -2.03. The number of hydrogen-bond acceptors (Lipinski definition) is 4. The zero-order chi connectivity index (χ0) is 11.4. The van der Waals surface area contributed by atoms with E-state index in [1.54, 1.807) is 27.4 Å². The average molecular weight is 276 g/mol. The first-order valence-electron chi connectivity index (χ1n) is 4.37. The molecule has 0 heterocycles. The topological polar surface area (TPSA) is 53.7 Å². The summed E-state index contributed by atoms with van der Waals surface area (Å²) >= 11 is 3.42. The minimum atomic E-state index is 0.365. The number of hydrogen-bond donors (Lipinski definition) is 1. The van der Waals surface area contributed by atoms with Gasteiger partial charge in [0.05, 0.1) is 25.8 Å². The Morgan fingerprint density at radius 2 is 1.73 bits per heavy atom. The monoisotopic (exact) mass is 275 g/mol. The molecule has 0 amide bonds. The summed E-state index contributed by atoms with van der Waals surface area (Å²) in [7, 11) is 4.74. The highest BCUT2D eigenvalue weighted by Gasteiger charge is 2.17. The van der Waals surface area contributed by atoms with Gasteiger partial charge in [0.1, 0.15) is 5.75 Å². The lowest BCUT2D eigenvalue weighted by Gasteiger charge is -2.15. The molecule has 0 aliphatic carbocycles. The highest BCUT2D eigenvalue weighted by Crippen LogP contribution is 2.42. The van der Waals surface area contributed by atoms with Crippen molar-refractivity contribution in [1.82, 2.24) is 0 Å². The molecule has 5 heteroatoms. The van der Waals surface area contributed by atoms with Crippen molar-refractivity contribution < 1.29 is 14.2 Å². The highest BCUT2D eigenvalue weighted by molar-refractivity contribution is 9.10. The largest absolute Gasteiger partial charge is 0.496 e. The lowest BCUT2D eigenvalue weighted by molar-refractivity contribution is 0.345. The van der Waals surface area contributed by atoms with Gasteiger partial charge in [-0.1, -0.05) is 0 Å². The number of nitrogens with two attached hydrogens (primary N) is 1. The molecular formula is C10H14BrNO3. The Morgan fingerprint density at radius 3 is 2.13 bits per heavy atom. The summed E-state index contributed by atoms with van der Waals surface area (Å²) in [6.07, 6.45) is 0. The molecule has 0 saturated carbocycles. The molecule has 2 N–H and O–H groups in total. The van der Waals surface area contributed by atoms with Crippen molar-refractivity contribution in [3.63, 3.8) is 0 Å². The van der Waals surface area contributed by atoms with Crippen LogP contribution in [-0.2, 0) is 6.54 Å². The molecule has 15 heavy (non-hydrogen) atoms. The molecule has 4 nitrogen and oxygen atoms in total. The molecule has 0 aliphatic heterocycles. The number of benzene rings is 1. The normalized spacial score (nSPS) is 9.93. The van der Waals surface area contributed by atoms with Crippen molar-refractivity contribution in [2.75, 3.05) is 21.3 Å². The van der Waals surface area contributed by atoms with Gasteiger partial charge in [0.2, 0.25) is 0 Å². The van der Waals surface area contributed by atoms with Gasteiger partial charge in [-0.05, 0) is 15.9 Å². The molecule has 0 radical (unpaired) electrons. The van der Waals surface area contributed by atoms with E-state index in [0.717, 1.165) is 10.0 Å². The number of halogens is 1. The summed E-state index contributed by atoms with van der Waals surface area (Å²) in [6.45, 7) is 0.365. The first kappa shape index (κ1) is 12.1. The van der Waals surface area contributed by atoms with Gasteiger partial charge in [-0.3, -0.25) is 0 Å². The third-order valence-electron chi connectivity index (χ3n) is 2.10. The Hall–Kier alpha value is -0.940. The van der Waals surface area contributed by atoms with Crippen LogP contribution in [0.2, 0.25) is 0 Å². The van der Waals surface area contributed by atoms with Crippen molar-refractivity contribution in [1.29, 1.82) is 0 Å². The summed E-state index contributed by atoms with van der Waals surface area (Å²) in [5, 5.41) is 0. The Morgan fingerprint density at radius 1 is 1.13 bits per heavy atom. The standard InChI is InChI=1S/C10H14BrNO3/c1-13-7-4-8(14-2)10(15-3)9(11)6(7)5-12/h4H,5,12H2,1-3H3. The van der Waals surface area contributed by atoms with Crippen LogP contribution in [0.25, 0.3) is 0 Å². The molecular weight excluding hydrogens is 262 g/mol. The van der Waals surface area contributed by atoms with Crippen LogP contribution in [0.5, 0.6) is 17.2 Å². The van der Waals surface area contributed by atoms with Crippen LogP contribution in [0.3, 0.4) is 0 Å². The molecule has 0 aliphatic rings. The fourth-order valence-electron chi connectivity index (χ4n) is 1.34. The third kappa shape index (κ3) is 2.18. The Bertz CT molecular complexity index is 325. The Labute approximate surface area is 97.4 Å². The first-order valence-corrected chi connectivity index (χ1v) is 5.16. The van der Waals surface area contributed by atoms with Crippen molar-refractivity contribution in [3.05, 3.63) is 16.1 Å². The molecule has 0 bridgehead atoms. The van der Waals surface area contributed by atoms with E-state index >= 15 is 0 Å². The second kappa shape index (κ2) is 5.23. The molecule has 1 rings (SSSR count). The van der Waals surface area contributed by atoms with Gasteiger partial charge in [-0.15, -0.1) is 0 Å². The second-order valence-electron chi connectivity index (χ2n) is 2.81. The van der Waals surface area contributed by atoms with Crippen LogP contribution in [0.4, 0.5) is 0 Å². The summed E-state index contributed by atoms with van der Waals surface area (Å²) in [4.78, 5) is 0. The van der Waals surface area contributed by atoms with Crippen molar-refractivity contribution in [2.45, 2.75) is 6.54 Å². The van der Waals surface area contributed by atoms with Gasteiger partial charge in [-0.25, -0.2) is 0 Å². The second-order valence-corrected chi connectivity index (χ2v) is 3.60. The fourth-order valence-corrected chi connectivity index (χ4v) is 2.05. The number of methoxy groups -OCH3 is 3. The van der Waals surface area contributed by atoms with E-state index in [2.05, 4.69) is 15.9 Å². The van der Waals surface area contributed by atoms with Crippen molar-refractivity contribution in [3.8, 4) is 17.2 Å². The summed E-state index contributed by atoms with van der Waals surface area (Å²) < 4.78 is 16.4. The third-order valence-corrected chi connectivity index (χ3v) is 2.93. The molecule has 0 atom stereocenters. The molecule has 0 unspecified atom stereocenters. The zero-order valence-electron chi connectivity index (χ0n) is 8.96. The molecule has 1 aromatic rings. The molecule has 0 fully saturated rings. The van der Waals surface area contributed by atoms with Crippen molar-refractivity contribution in [2.24, 2.45) is 5.73 Å². The fraction of sp³-hybridized carbons (Fsp3) is 0.400. The van der Waals surface area contributed by atoms with E-state index in [-0.39, 0.29) is 0 Å². The summed E-state index contributed by atoms with van der Waals surface area (Å²) in [5.41, 5.74) is 6.49. The smallest absolute Gasteiger partial charge is 0.175 e. The van der Waals surface area contributed by atoms with E-state index < -0.39 is 0 Å². The quantitative estimate of drug-likeness (QED) is 0.913. The molecule has 0 aromatic heterocycles. The van der Waals surface area contributed by atoms with Gasteiger partial charge < -0.3 is 19.9 Å². The lowest BCUT2D eigenvalue weighted by atomic mass is 10.1. The maximum absolute atomic E-state index is 5.64. The van der Waals surface area contributed by atoms with E-state index in [0.29, 0.717) is 23.8 Å². The zero-order valence-corrected chi connectivity index (χ0v) is 10.6. The Kier molecular flexibility index (Phi) is 4.23. The minimum Gasteiger partial charge on any atom is -0.496 e. The molecule has 0 spiro atoms. The van der Waals surface area contributed by atoms with Crippen molar-refractivity contribution >= 4 is 15.9 Å². The Balaban J connectivity index is 3.41. The van der Waals surface area contributed by atoms with Gasteiger partial charge in [0, 0.05) is 18.2 Å². The van der Waals surface area contributed by atoms with Crippen LogP contribution in [0.1, 0.15) is 5.56 Å². The molecule has 1 aromatic carbocycles. The van der Waals surface area contributed by atoms with E-state index in [9.17, 15) is 0 Å². The maximum Gasteiger partial charge on any atom is 0.175 e. The predicted molar refractivity (Wildman–Crippen MR) is 61.7 cm³/mol. The van der Waals surface area contributed by atoms with Gasteiger partial charge in [0.25, 0.3) is 0 Å². The summed E-state index contributed by atoms with van der Waals surface area (Å²) in [5.74, 6) is 1.92. The average Bonchev–Trinajstić information content (AvgIpc) is 2.27. The van der Waals surface area contributed by atoms with Crippen LogP contribution < -0.4 is 19.9 Å². The van der Waals surface area contributed by atoms with E-state index in [1.807, 2.05) is 0 Å². The van der Waals surface area contributed by atoms with Gasteiger partial charge >= 0.3 is 0 Å². The highest BCUT2D eigenvalue weighted by atomic mass is 79.9. The predicted octanol–water partition coefficient (Wildman–Crippen LogP) is 1.93. The van der Waals surface area contributed by atoms with E-state index in [1.165, 1.54) is 0 Å². The maximum atomic E-state index is 5.64. The van der Waals surface area contributed by atoms with Crippen LogP contribution in [0, 0.1) is 0 Å². The van der Waals surface area contributed by atoms with Crippen LogP contribution in [-0.4, -0.2) is 21.3 Å². The SMILES string of the molecule is COc1cc(OC)c(OC)c(Br)c1CN. The number of ether oxygens (including phenoxy) is 3. The minimum absolute atomic E-state index is 0.365. The number of rotatable bonds is 4. The molecule has 0 saturated heterocycles. The summed E-state index contributed by atoms with van der Waals surface area (Å²) in [6, 6.07) is 1.76. The van der Waals surface area contributed by atoms with Gasteiger partial charge in [0.15, 0.2) is 11.5 Å². The molecule has 84 valence electrons. The van der Waals surface area contributed by atoms with E-state index in [4.69, 9.17) is 19.9 Å². The van der Waals surface area contributed by atoms with Gasteiger partial charge in [-0.2, -0.15) is 0 Å². The van der Waals surface area contributed by atoms with Crippen LogP contribution >= 0.6 is 15.9 Å². The first-order chi connectivity index (χ1) is 7.19. The van der Waals surface area contributed by atoms with Crippen LogP contribution in [0.15, 0.2) is 10.5 Å².